The second kappa shape index (κ2) is 5.12. The third-order valence-electron chi connectivity index (χ3n) is 3.02. The molecule has 0 spiro atoms. The fourth-order valence-corrected chi connectivity index (χ4v) is 3.76. The Balaban J connectivity index is 2.31. The van der Waals surface area contributed by atoms with Gasteiger partial charge in [0.25, 0.3) is 0 Å². The molecule has 0 amide bonds. The fraction of sp³-hybridized carbons (Fsp3) is 0.545. The van der Waals surface area contributed by atoms with Gasteiger partial charge >= 0.3 is 0 Å². The van der Waals surface area contributed by atoms with E-state index in [0.717, 1.165) is 19.3 Å². The highest BCUT2D eigenvalue weighted by Gasteiger charge is 2.32. The molecule has 1 aromatic heterocycles. The first-order valence-corrected chi connectivity index (χ1v) is 7.13. The number of hydrogen-bond acceptors (Lipinski definition) is 4. The standard InChI is InChI=1S/C11H16N2O3S/c14-9-10-4-1-2-7-13(10)17(15,16)11-5-3-6-12-8-11/h3,5-6,8,10,14H,1-2,4,7,9H2. The molecule has 17 heavy (non-hydrogen) atoms. The number of hydrogen-bond donors (Lipinski definition) is 1. The highest BCUT2D eigenvalue weighted by molar-refractivity contribution is 7.89. The molecule has 0 aromatic carbocycles. The van der Waals surface area contributed by atoms with E-state index >= 15 is 0 Å². The van der Waals surface area contributed by atoms with Crippen molar-refractivity contribution in [3.63, 3.8) is 0 Å². The maximum Gasteiger partial charge on any atom is 0.244 e. The van der Waals surface area contributed by atoms with Gasteiger partial charge < -0.3 is 5.11 Å². The van der Waals surface area contributed by atoms with Gasteiger partial charge in [0.2, 0.25) is 10.0 Å². The molecular weight excluding hydrogens is 240 g/mol. The van der Waals surface area contributed by atoms with E-state index in [1.54, 1.807) is 12.3 Å². The van der Waals surface area contributed by atoms with E-state index in [9.17, 15) is 13.5 Å². The van der Waals surface area contributed by atoms with Crippen molar-refractivity contribution in [2.45, 2.75) is 30.2 Å². The summed E-state index contributed by atoms with van der Waals surface area (Å²) in [6, 6.07) is 2.84. The number of piperidine rings is 1. The first-order chi connectivity index (χ1) is 8.16. The summed E-state index contributed by atoms with van der Waals surface area (Å²) in [6.45, 7) is 0.349. The van der Waals surface area contributed by atoms with E-state index in [2.05, 4.69) is 4.98 Å². The average molecular weight is 256 g/mol. The molecule has 0 radical (unpaired) electrons. The summed E-state index contributed by atoms with van der Waals surface area (Å²) in [4.78, 5) is 4.02. The SMILES string of the molecule is O=S(=O)(c1cccnc1)N1CCCCC1CO. The molecule has 1 unspecified atom stereocenters. The molecule has 5 nitrogen and oxygen atoms in total. The minimum absolute atomic E-state index is 0.126. The van der Waals surface area contributed by atoms with E-state index in [1.165, 1.54) is 16.6 Å². The monoisotopic (exact) mass is 256 g/mol. The number of aliphatic hydroxyl groups excluding tert-OH is 1. The number of sulfonamides is 1. The lowest BCUT2D eigenvalue weighted by Crippen LogP contribution is -2.45. The Morgan fingerprint density at radius 3 is 2.94 bits per heavy atom. The van der Waals surface area contributed by atoms with Crippen molar-refractivity contribution in [2.24, 2.45) is 0 Å². The average Bonchev–Trinajstić information content (AvgIpc) is 2.39. The van der Waals surface area contributed by atoms with E-state index < -0.39 is 10.0 Å². The Labute approximate surface area is 101 Å². The second-order valence-corrected chi connectivity index (χ2v) is 6.03. The molecule has 94 valence electrons. The van der Waals surface area contributed by atoms with E-state index in [-0.39, 0.29) is 17.5 Å². The Kier molecular flexibility index (Phi) is 3.76. The first-order valence-electron chi connectivity index (χ1n) is 5.69. The van der Waals surface area contributed by atoms with Crippen LogP contribution in [0.1, 0.15) is 19.3 Å². The lowest BCUT2D eigenvalue weighted by Gasteiger charge is -2.33. The zero-order valence-electron chi connectivity index (χ0n) is 9.49. The molecule has 1 aromatic rings. The quantitative estimate of drug-likeness (QED) is 0.860. The van der Waals surface area contributed by atoms with Gasteiger partial charge in [-0.3, -0.25) is 4.98 Å². The Morgan fingerprint density at radius 2 is 2.29 bits per heavy atom. The van der Waals surface area contributed by atoms with Crippen LogP contribution >= 0.6 is 0 Å². The molecule has 1 atom stereocenters. The molecule has 1 aliphatic heterocycles. The zero-order chi connectivity index (χ0) is 12.3. The largest absolute Gasteiger partial charge is 0.395 e. The summed E-state index contributed by atoms with van der Waals surface area (Å²) < 4.78 is 26.1. The van der Waals surface area contributed by atoms with Gasteiger partial charge in [0.1, 0.15) is 4.90 Å². The predicted molar refractivity (Wildman–Crippen MR) is 62.9 cm³/mol. The number of aromatic nitrogens is 1. The zero-order valence-corrected chi connectivity index (χ0v) is 10.3. The molecular formula is C11H16N2O3S. The third-order valence-corrected chi connectivity index (χ3v) is 4.96. The Bertz CT molecular complexity index is 461. The van der Waals surface area contributed by atoms with Crippen LogP contribution in [0.25, 0.3) is 0 Å². The van der Waals surface area contributed by atoms with Crippen molar-refractivity contribution in [3.8, 4) is 0 Å². The molecule has 2 heterocycles. The molecule has 1 aliphatic rings. The molecule has 0 aliphatic carbocycles. The second-order valence-electron chi connectivity index (χ2n) is 4.14. The summed E-state index contributed by atoms with van der Waals surface area (Å²) in [5.41, 5.74) is 0. The fourth-order valence-electron chi connectivity index (χ4n) is 2.11. The van der Waals surface area contributed by atoms with Crippen LogP contribution in [0.3, 0.4) is 0 Å². The number of rotatable bonds is 3. The van der Waals surface area contributed by atoms with Gasteiger partial charge in [-0.1, -0.05) is 6.42 Å². The van der Waals surface area contributed by atoms with E-state index in [4.69, 9.17) is 0 Å². The van der Waals surface area contributed by atoms with Crippen molar-refractivity contribution in [1.82, 2.24) is 9.29 Å². The highest BCUT2D eigenvalue weighted by atomic mass is 32.2. The molecule has 1 N–H and O–H groups in total. The molecule has 1 saturated heterocycles. The van der Waals surface area contributed by atoms with Gasteiger partial charge in [-0.2, -0.15) is 4.31 Å². The normalized spacial score (nSPS) is 22.5. The lowest BCUT2D eigenvalue weighted by atomic mass is 10.1. The van der Waals surface area contributed by atoms with Crippen LogP contribution in [0.2, 0.25) is 0 Å². The molecule has 0 saturated carbocycles. The Hall–Kier alpha value is -0.980. The number of aliphatic hydroxyl groups is 1. The minimum Gasteiger partial charge on any atom is -0.395 e. The summed E-state index contributed by atoms with van der Waals surface area (Å²) in [6.07, 6.45) is 5.41. The molecule has 6 heteroatoms. The van der Waals surface area contributed by atoms with Gasteiger partial charge in [0.15, 0.2) is 0 Å². The minimum atomic E-state index is -3.51. The van der Waals surface area contributed by atoms with Crippen LogP contribution in [0.5, 0.6) is 0 Å². The van der Waals surface area contributed by atoms with Crippen LogP contribution < -0.4 is 0 Å². The smallest absolute Gasteiger partial charge is 0.244 e. The predicted octanol–water partition coefficient (Wildman–Crippen LogP) is 0.617. The van der Waals surface area contributed by atoms with Gasteiger partial charge in [-0.25, -0.2) is 8.42 Å². The summed E-state index contributed by atoms with van der Waals surface area (Å²) >= 11 is 0. The van der Waals surface area contributed by atoms with Crippen LogP contribution in [0.15, 0.2) is 29.4 Å². The van der Waals surface area contributed by atoms with Crippen molar-refractivity contribution in [1.29, 1.82) is 0 Å². The maximum atomic E-state index is 12.3. The summed E-state index contributed by atoms with van der Waals surface area (Å²) in [5, 5.41) is 9.25. The number of pyridine rings is 1. The molecule has 2 rings (SSSR count). The van der Waals surface area contributed by atoms with Gasteiger partial charge in [-0.15, -0.1) is 0 Å². The van der Waals surface area contributed by atoms with Crippen molar-refractivity contribution in [2.75, 3.05) is 13.2 Å². The lowest BCUT2D eigenvalue weighted by molar-refractivity contribution is 0.155. The summed E-state index contributed by atoms with van der Waals surface area (Å²) in [7, 11) is -3.51. The topological polar surface area (TPSA) is 70.5 Å². The van der Waals surface area contributed by atoms with Gasteiger partial charge in [0, 0.05) is 25.0 Å². The van der Waals surface area contributed by atoms with Crippen LogP contribution in [0.4, 0.5) is 0 Å². The van der Waals surface area contributed by atoms with E-state index in [0.29, 0.717) is 6.54 Å². The summed E-state index contributed by atoms with van der Waals surface area (Å²) in [5.74, 6) is 0. The van der Waals surface area contributed by atoms with Gasteiger partial charge in [-0.05, 0) is 25.0 Å². The van der Waals surface area contributed by atoms with Gasteiger partial charge in [0.05, 0.1) is 6.61 Å². The maximum absolute atomic E-state index is 12.3. The molecule has 0 bridgehead atoms. The van der Waals surface area contributed by atoms with Crippen LogP contribution in [0, 0.1) is 0 Å². The molecule has 1 fully saturated rings. The number of nitrogens with zero attached hydrogens (tertiary/aromatic N) is 2. The van der Waals surface area contributed by atoms with Crippen molar-refractivity contribution >= 4 is 10.0 Å². The third kappa shape index (κ3) is 2.48. The Morgan fingerprint density at radius 1 is 1.47 bits per heavy atom. The van der Waals surface area contributed by atoms with E-state index in [1.807, 2.05) is 0 Å². The first kappa shape index (κ1) is 12.5. The van der Waals surface area contributed by atoms with Crippen LogP contribution in [-0.4, -0.2) is 42.0 Å². The van der Waals surface area contributed by atoms with Crippen molar-refractivity contribution < 1.29 is 13.5 Å². The highest BCUT2D eigenvalue weighted by Crippen LogP contribution is 2.24. The van der Waals surface area contributed by atoms with Crippen LogP contribution in [-0.2, 0) is 10.0 Å². The van der Waals surface area contributed by atoms with Crippen molar-refractivity contribution in [3.05, 3.63) is 24.5 Å².